The summed E-state index contributed by atoms with van der Waals surface area (Å²) in [5.41, 5.74) is 15.8. The molecule has 24 nitrogen and oxygen atoms in total. The number of fused-ring (bicyclic) bond motifs is 4. The van der Waals surface area contributed by atoms with E-state index < -0.39 is 65.8 Å². The number of piperidine rings is 1. The molecule has 2 aromatic heterocycles. The van der Waals surface area contributed by atoms with Crippen LogP contribution in [0, 0.1) is 5.92 Å². The second-order valence-electron chi connectivity index (χ2n) is 22.0. The first-order valence-corrected chi connectivity index (χ1v) is 27.6. The number of carbonyl (C=O) groups is 7. The lowest BCUT2D eigenvalue weighted by atomic mass is 9.94. The predicted molar refractivity (Wildman–Crippen MR) is 301 cm³/mol. The summed E-state index contributed by atoms with van der Waals surface area (Å²) in [5.74, 6) is -1.79. The van der Waals surface area contributed by atoms with Crippen molar-refractivity contribution in [3.63, 3.8) is 0 Å². The van der Waals surface area contributed by atoms with Crippen LogP contribution in [0.15, 0.2) is 97.2 Å². The summed E-state index contributed by atoms with van der Waals surface area (Å²) in [7, 11) is 0. The van der Waals surface area contributed by atoms with E-state index in [1.807, 2.05) is 43.5 Å². The fraction of sp³-hybridized carbons (Fsp3) is 0.414. The summed E-state index contributed by atoms with van der Waals surface area (Å²) in [6.45, 7) is 10.2. The van der Waals surface area contributed by atoms with Crippen molar-refractivity contribution in [2.45, 2.75) is 102 Å². The molecular formula is C58H68N14O10. The number of piperazine rings is 1. The van der Waals surface area contributed by atoms with Crippen molar-refractivity contribution in [2.24, 2.45) is 17.4 Å². The minimum Gasteiger partial charge on any atom is -0.507 e. The Morgan fingerprint density at radius 2 is 1.67 bits per heavy atom. The molecule has 7 heterocycles. The first-order chi connectivity index (χ1) is 39.4. The fourth-order valence-corrected chi connectivity index (χ4v) is 11.3. The van der Waals surface area contributed by atoms with Crippen molar-refractivity contribution in [3.8, 4) is 22.9 Å². The van der Waals surface area contributed by atoms with Gasteiger partial charge in [-0.2, -0.15) is 0 Å². The lowest BCUT2D eigenvalue weighted by Gasteiger charge is -2.45. The number of benzene rings is 3. The first-order valence-electron chi connectivity index (χ1n) is 27.6. The number of hydrogen-bond donors (Lipinski definition) is 7. The van der Waals surface area contributed by atoms with Crippen LogP contribution in [0.4, 0.5) is 26.8 Å². The number of ether oxygens (including phenoxy) is 2. The molecule has 0 spiro atoms. The number of phenols is 1. The van der Waals surface area contributed by atoms with Crippen LogP contribution in [0.5, 0.6) is 11.6 Å². The Morgan fingerprint density at radius 1 is 0.902 bits per heavy atom. The van der Waals surface area contributed by atoms with Crippen molar-refractivity contribution in [3.05, 3.63) is 119 Å². The number of amides is 8. The average molecular weight is 1120 g/mol. The Hall–Kier alpha value is -8.90. The lowest BCUT2D eigenvalue weighted by Crippen LogP contribution is -2.57. The largest absolute Gasteiger partial charge is 0.507 e. The molecule has 5 aliphatic rings. The number of nitrogens with two attached hydrogens (primary N) is 2. The van der Waals surface area contributed by atoms with E-state index in [9.17, 15) is 38.7 Å². The maximum absolute atomic E-state index is 14.8. The number of nitrogens with one attached hydrogen (secondary N) is 4. The third-order valence-electron chi connectivity index (χ3n) is 15.9. The van der Waals surface area contributed by atoms with E-state index in [1.54, 1.807) is 79.4 Å². The smallest absolute Gasteiger partial charge is 0.417 e. The molecule has 3 saturated heterocycles. The Bertz CT molecular complexity index is 3230. The van der Waals surface area contributed by atoms with Gasteiger partial charge in [0.25, 0.3) is 5.91 Å². The summed E-state index contributed by atoms with van der Waals surface area (Å²) >= 11 is 0. The topological polar surface area (TPSA) is 313 Å². The third-order valence-corrected chi connectivity index (χ3v) is 15.9. The molecule has 3 aromatic carbocycles. The molecule has 3 fully saturated rings. The third kappa shape index (κ3) is 12.4. The molecule has 1 unspecified atom stereocenters. The summed E-state index contributed by atoms with van der Waals surface area (Å²) < 4.78 is 12.8. The van der Waals surface area contributed by atoms with Gasteiger partial charge in [-0.15, -0.1) is 10.2 Å². The molecule has 24 heteroatoms. The monoisotopic (exact) mass is 1120 g/mol. The molecular weight excluding hydrogens is 1050 g/mol. The van der Waals surface area contributed by atoms with Gasteiger partial charge in [0.2, 0.25) is 35.7 Å². The zero-order valence-corrected chi connectivity index (χ0v) is 46.0. The van der Waals surface area contributed by atoms with Gasteiger partial charge in [-0.05, 0) is 73.6 Å². The van der Waals surface area contributed by atoms with Crippen molar-refractivity contribution in [2.75, 3.05) is 60.5 Å². The van der Waals surface area contributed by atoms with Crippen molar-refractivity contribution >= 4 is 58.9 Å². The highest BCUT2D eigenvalue weighted by atomic mass is 16.6. The zero-order valence-electron chi connectivity index (χ0n) is 46.0. The molecule has 5 aliphatic heterocycles. The molecule has 0 saturated carbocycles. The van der Waals surface area contributed by atoms with Crippen LogP contribution >= 0.6 is 0 Å². The second-order valence-corrected chi connectivity index (χ2v) is 22.0. The normalized spacial score (nSPS) is 20.7. The van der Waals surface area contributed by atoms with Gasteiger partial charge in [0.15, 0.2) is 5.82 Å². The van der Waals surface area contributed by atoms with Crippen LogP contribution in [0.3, 0.4) is 0 Å². The number of para-hydroxylation sites is 1. The van der Waals surface area contributed by atoms with E-state index in [0.717, 1.165) is 43.0 Å². The highest BCUT2D eigenvalue weighted by molar-refractivity contribution is 6.06. The average Bonchev–Trinajstić information content (AvgIpc) is 2.96. The molecule has 9 N–H and O–H groups in total. The van der Waals surface area contributed by atoms with Gasteiger partial charge in [0.1, 0.15) is 23.9 Å². The SMILES string of the molecule is CC(C)[C@H](N)C(=O)N[C@@H](CCCNC(N)=O)C(=O)NC(OC(=O)N1C[C@]2(C)C[C@@H](Oc3ccc(CN4CCN(c5ccc6c(c5)C(=O)N([C@H]5CCC(=O)NC5=O)C6)CC4)cn3)CN2c2cc(-c3ccccc3O)nnc21)c1ccccc1. The molecule has 10 rings (SSSR count). The molecule has 6 atom stereocenters. The summed E-state index contributed by atoms with van der Waals surface area (Å²) in [4.78, 5) is 106. The number of aromatic nitrogens is 3. The van der Waals surface area contributed by atoms with E-state index in [1.165, 1.54) is 4.90 Å². The Labute approximate surface area is 473 Å². The number of imide groups is 1. The molecule has 430 valence electrons. The Balaban J connectivity index is 0.808. The van der Waals surface area contributed by atoms with Gasteiger partial charge < -0.3 is 56.7 Å². The van der Waals surface area contributed by atoms with Crippen molar-refractivity contribution in [1.29, 1.82) is 0 Å². The maximum atomic E-state index is 14.8. The number of nitrogens with zero attached hydrogens (tertiary/aromatic N) is 8. The second kappa shape index (κ2) is 24.1. The van der Waals surface area contributed by atoms with E-state index >= 15 is 0 Å². The van der Waals surface area contributed by atoms with E-state index in [2.05, 4.69) is 46.2 Å². The van der Waals surface area contributed by atoms with Crippen LogP contribution in [0.25, 0.3) is 11.3 Å². The lowest BCUT2D eigenvalue weighted by molar-refractivity contribution is -0.137. The van der Waals surface area contributed by atoms with Crippen LogP contribution in [-0.4, -0.2) is 147 Å². The summed E-state index contributed by atoms with van der Waals surface area (Å²) in [6.07, 6.45) is 0.530. The minimum atomic E-state index is -1.35. The first kappa shape index (κ1) is 56.4. The van der Waals surface area contributed by atoms with Crippen LogP contribution in [-0.2, 0) is 37.0 Å². The van der Waals surface area contributed by atoms with Crippen molar-refractivity contribution in [1.82, 2.24) is 46.2 Å². The number of primary amides is 1. The van der Waals surface area contributed by atoms with E-state index in [0.29, 0.717) is 66.4 Å². The predicted octanol–water partition coefficient (Wildman–Crippen LogP) is 3.43. The van der Waals surface area contributed by atoms with Crippen LogP contribution in [0.2, 0.25) is 0 Å². The number of urea groups is 1. The summed E-state index contributed by atoms with van der Waals surface area (Å²) in [6, 6.07) is 23.5. The van der Waals surface area contributed by atoms with E-state index in [-0.39, 0.29) is 61.7 Å². The number of pyridine rings is 1. The standard InChI is InChI=1S/C58H68N14O10/c1-34(2)49(59)53(77)63-42(13-9-21-61-56(60)79)51(75)65-54(36-10-5-4-6-11-36)82-57(80)71-33-58(3)28-39(32-72(58)45-27-43(66-67-50(45)71)40-12-7-8-14-46(40)73)81-48-20-15-35(29-62-48)30-68-22-24-69(25-23-68)38-17-16-37-31-70(55(78)41(37)26-38)44-18-19-47(74)64-52(44)76/h4-8,10-12,14-17,20,26-27,29,34,39,42,44,49,54,73H,9,13,18-19,21-25,28,30-33,59H2,1-3H3,(H,63,77)(H,65,75)(H3,60,61,79)(H,64,74,76)/t39-,42+,44+,49+,54?,58+/m1/s1. The molecule has 82 heavy (non-hydrogen) atoms. The minimum absolute atomic E-state index is 0.00578. The van der Waals surface area contributed by atoms with Gasteiger partial charge in [-0.25, -0.2) is 14.6 Å². The fourth-order valence-electron chi connectivity index (χ4n) is 11.3. The number of carbonyl (C=O) groups excluding carboxylic acids is 7. The maximum Gasteiger partial charge on any atom is 0.417 e. The van der Waals surface area contributed by atoms with Gasteiger partial charge in [0.05, 0.1) is 36.1 Å². The Kier molecular flexibility index (Phi) is 16.5. The molecule has 0 aliphatic carbocycles. The highest BCUT2D eigenvalue weighted by Crippen LogP contribution is 2.46. The zero-order chi connectivity index (χ0) is 57.8. The number of phenolic OH excluding ortho intramolecular Hbond substituents is 1. The summed E-state index contributed by atoms with van der Waals surface area (Å²) in [5, 5.41) is 30.4. The number of aromatic hydroxyl groups is 1. The van der Waals surface area contributed by atoms with Crippen LogP contribution in [0.1, 0.15) is 86.2 Å². The number of hydrogen-bond acceptors (Lipinski definition) is 17. The molecule has 0 radical (unpaired) electrons. The van der Waals surface area contributed by atoms with Gasteiger partial charge in [-0.3, -0.25) is 39.1 Å². The quantitative estimate of drug-likeness (QED) is 0.0376. The molecule has 5 aromatic rings. The number of rotatable bonds is 18. The van der Waals surface area contributed by atoms with Gasteiger partial charge in [-0.1, -0.05) is 68.4 Å². The number of anilines is 3. The van der Waals surface area contributed by atoms with Gasteiger partial charge in [0, 0.05) is 93.3 Å². The van der Waals surface area contributed by atoms with Crippen molar-refractivity contribution < 1.29 is 48.1 Å². The van der Waals surface area contributed by atoms with E-state index in [4.69, 9.17) is 25.9 Å². The Morgan fingerprint density at radius 3 is 2.39 bits per heavy atom. The molecule has 0 bridgehead atoms. The van der Waals surface area contributed by atoms with Crippen LogP contribution < -0.4 is 52.2 Å². The highest BCUT2D eigenvalue weighted by Gasteiger charge is 2.51. The van der Waals surface area contributed by atoms with Gasteiger partial charge >= 0.3 is 12.1 Å². The molecule has 8 amide bonds.